The van der Waals surface area contributed by atoms with E-state index in [2.05, 4.69) is 31.0 Å². The molecule has 0 spiro atoms. The molecule has 1 N–H and O–H groups in total. The lowest BCUT2D eigenvalue weighted by Crippen LogP contribution is -2.25. The molecule has 8 nitrogen and oxygen atoms in total. The van der Waals surface area contributed by atoms with Crippen molar-refractivity contribution in [3.8, 4) is 11.5 Å². The number of rotatable bonds is 4. The highest BCUT2D eigenvalue weighted by molar-refractivity contribution is 9.10. The summed E-state index contributed by atoms with van der Waals surface area (Å²) in [5.41, 5.74) is 0.694. The lowest BCUT2D eigenvalue weighted by Gasteiger charge is -2.08. The number of aromatic nitrogens is 3. The van der Waals surface area contributed by atoms with Gasteiger partial charge in [0.15, 0.2) is 16.1 Å². The standard InChI is InChI=1S/C11H11BrN4O4S/c1-16-11(10(12)14-15-16)21(17,18)13-5-7-3-2-4-8-9(7)20-6-19-8/h2-4,13H,5-6H2,1H3. The van der Waals surface area contributed by atoms with E-state index in [9.17, 15) is 8.42 Å². The molecule has 10 heteroatoms. The quantitative estimate of drug-likeness (QED) is 0.849. The number of benzene rings is 1. The van der Waals surface area contributed by atoms with Crippen LogP contribution in [-0.2, 0) is 23.6 Å². The van der Waals surface area contributed by atoms with Gasteiger partial charge in [0.25, 0.3) is 10.0 Å². The molecule has 0 amide bonds. The van der Waals surface area contributed by atoms with Crippen LogP contribution in [0.2, 0.25) is 0 Å². The lowest BCUT2D eigenvalue weighted by molar-refractivity contribution is 0.173. The van der Waals surface area contributed by atoms with Crippen molar-refractivity contribution >= 4 is 26.0 Å². The van der Waals surface area contributed by atoms with E-state index >= 15 is 0 Å². The molecule has 0 bridgehead atoms. The van der Waals surface area contributed by atoms with E-state index in [0.717, 1.165) is 0 Å². The van der Waals surface area contributed by atoms with Gasteiger partial charge in [-0.05, 0) is 22.0 Å². The molecule has 112 valence electrons. The fourth-order valence-electron chi connectivity index (χ4n) is 1.98. The summed E-state index contributed by atoms with van der Waals surface area (Å²) >= 11 is 3.07. The second kappa shape index (κ2) is 5.28. The Hall–Kier alpha value is -1.65. The summed E-state index contributed by atoms with van der Waals surface area (Å²) in [4.78, 5) is 0. The van der Waals surface area contributed by atoms with Crippen LogP contribution in [0.15, 0.2) is 27.8 Å². The van der Waals surface area contributed by atoms with E-state index in [0.29, 0.717) is 17.1 Å². The average Bonchev–Trinajstić information content (AvgIpc) is 3.03. The third-order valence-corrected chi connectivity index (χ3v) is 5.21. The van der Waals surface area contributed by atoms with E-state index in [1.807, 2.05) is 0 Å². The molecule has 2 aromatic rings. The predicted molar refractivity (Wildman–Crippen MR) is 75.3 cm³/mol. The summed E-state index contributed by atoms with van der Waals surface area (Å²) in [5.74, 6) is 1.16. The fraction of sp³-hybridized carbons (Fsp3) is 0.273. The number of ether oxygens (including phenoxy) is 2. The van der Waals surface area contributed by atoms with E-state index < -0.39 is 10.0 Å². The SMILES string of the molecule is Cn1nnc(Br)c1S(=O)(=O)NCc1cccc2c1OCO2. The zero-order valence-corrected chi connectivity index (χ0v) is 13.3. The number of hydrogen-bond donors (Lipinski definition) is 1. The van der Waals surface area contributed by atoms with Gasteiger partial charge in [0.2, 0.25) is 11.8 Å². The van der Waals surface area contributed by atoms with Crippen LogP contribution in [-0.4, -0.2) is 30.2 Å². The number of nitrogens with one attached hydrogen (secondary N) is 1. The van der Waals surface area contributed by atoms with Gasteiger partial charge in [-0.1, -0.05) is 17.3 Å². The van der Waals surface area contributed by atoms with Crippen molar-refractivity contribution in [1.29, 1.82) is 0 Å². The number of para-hydroxylation sites is 1. The van der Waals surface area contributed by atoms with Gasteiger partial charge in [0.05, 0.1) is 0 Å². The summed E-state index contributed by atoms with van der Waals surface area (Å²) in [6, 6.07) is 5.31. The van der Waals surface area contributed by atoms with Crippen LogP contribution in [0.5, 0.6) is 11.5 Å². The van der Waals surface area contributed by atoms with Crippen molar-refractivity contribution in [2.75, 3.05) is 6.79 Å². The Morgan fingerprint density at radius 2 is 2.24 bits per heavy atom. The molecule has 1 aromatic carbocycles. The predicted octanol–water partition coefficient (Wildman–Crippen LogP) is 0.785. The molecule has 0 radical (unpaired) electrons. The zero-order chi connectivity index (χ0) is 15.0. The number of aryl methyl sites for hydroxylation is 1. The number of sulfonamides is 1. The van der Waals surface area contributed by atoms with Gasteiger partial charge in [-0.25, -0.2) is 17.8 Å². The first-order chi connectivity index (χ1) is 9.99. The smallest absolute Gasteiger partial charge is 0.260 e. The van der Waals surface area contributed by atoms with Crippen molar-refractivity contribution in [1.82, 2.24) is 19.7 Å². The van der Waals surface area contributed by atoms with Gasteiger partial charge in [-0.2, -0.15) is 0 Å². The molecule has 2 heterocycles. The minimum Gasteiger partial charge on any atom is -0.454 e. The Morgan fingerprint density at radius 3 is 2.95 bits per heavy atom. The Balaban J connectivity index is 1.84. The lowest BCUT2D eigenvalue weighted by atomic mass is 10.2. The average molecular weight is 375 g/mol. The topological polar surface area (TPSA) is 95.3 Å². The highest BCUT2D eigenvalue weighted by atomic mass is 79.9. The first-order valence-electron chi connectivity index (χ1n) is 5.91. The van der Waals surface area contributed by atoms with E-state index in [1.54, 1.807) is 18.2 Å². The maximum atomic E-state index is 12.3. The zero-order valence-electron chi connectivity index (χ0n) is 10.9. The van der Waals surface area contributed by atoms with Crippen LogP contribution in [0, 0.1) is 0 Å². The normalized spacial score (nSPS) is 13.6. The molecular weight excluding hydrogens is 364 g/mol. The number of nitrogens with zero attached hydrogens (tertiary/aromatic N) is 3. The van der Waals surface area contributed by atoms with Gasteiger partial charge in [0.1, 0.15) is 0 Å². The molecule has 0 fully saturated rings. The number of hydrogen-bond acceptors (Lipinski definition) is 6. The molecule has 1 aromatic heterocycles. The van der Waals surface area contributed by atoms with Crippen molar-refractivity contribution in [2.24, 2.45) is 7.05 Å². The van der Waals surface area contributed by atoms with Crippen molar-refractivity contribution < 1.29 is 17.9 Å². The van der Waals surface area contributed by atoms with Crippen molar-refractivity contribution in [2.45, 2.75) is 11.6 Å². The third-order valence-electron chi connectivity index (χ3n) is 2.92. The Labute approximate surface area is 129 Å². The summed E-state index contributed by atoms with van der Waals surface area (Å²) in [5, 5.41) is 7.28. The highest BCUT2D eigenvalue weighted by Gasteiger charge is 2.25. The number of halogens is 1. The molecule has 0 atom stereocenters. The van der Waals surface area contributed by atoms with E-state index in [-0.39, 0.29) is 23.0 Å². The minimum absolute atomic E-state index is 0.0350. The van der Waals surface area contributed by atoms with E-state index in [4.69, 9.17) is 9.47 Å². The molecule has 0 saturated heterocycles. The third kappa shape index (κ3) is 2.61. The molecule has 1 aliphatic rings. The maximum Gasteiger partial charge on any atom is 0.260 e. The highest BCUT2D eigenvalue weighted by Crippen LogP contribution is 2.35. The Morgan fingerprint density at radius 1 is 1.43 bits per heavy atom. The molecule has 21 heavy (non-hydrogen) atoms. The largest absolute Gasteiger partial charge is 0.454 e. The van der Waals surface area contributed by atoms with E-state index in [1.165, 1.54) is 11.7 Å². The summed E-state index contributed by atoms with van der Waals surface area (Å²) in [7, 11) is -2.25. The van der Waals surface area contributed by atoms with Crippen LogP contribution in [0.4, 0.5) is 0 Å². The fourth-order valence-corrected chi connectivity index (χ4v) is 4.08. The Bertz CT molecular complexity index is 770. The Kier molecular flexibility index (Phi) is 3.59. The summed E-state index contributed by atoms with van der Waals surface area (Å²) < 4.78 is 39.0. The van der Waals surface area contributed by atoms with Gasteiger partial charge < -0.3 is 9.47 Å². The maximum absolute atomic E-state index is 12.3. The van der Waals surface area contributed by atoms with Crippen molar-refractivity contribution in [3.05, 3.63) is 28.4 Å². The molecular formula is C11H11BrN4O4S. The van der Waals surface area contributed by atoms with Gasteiger partial charge in [-0.15, -0.1) is 5.10 Å². The monoisotopic (exact) mass is 374 g/mol. The molecule has 0 unspecified atom stereocenters. The second-order valence-electron chi connectivity index (χ2n) is 4.28. The first kappa shape index (κ1) is 14.3. The molecule has 0 aliphatic carbocycles. The van der Waals surface area contributed by atoms with Crippen molar-refractivity contribution in [3.63, 3.8) is 0 Å². The van der Waals surface area contributed by atoms with Gasteiger partial charge in [-0.3, -0.25) is 0 Å². The number of fused-ring (bicyclic) bond motifs is 1. The summed E-state index contributed by atoms with van der Waals surface area (Å²) in [6.45, 7) is 0.211. The minimum atomic E-state index is -3.75. The molecule has 0 saturated carbocycles. The molecule has 1 aliphatic heterocycles. The van der Waals surface area contributed by atoms with Gasteiger partial charge >= 0.3 is 0 Å². The van der Waals surface area contributed by atoms with Gasteiger partial charge in [0, 0.05) is 19.2 Å². The first-order valence-corrected chi connectivity index (χ1v) is 8.19. The summed E-state index contributed by atoms with van der Waals surface area (Å²) in [6.07, 6.45) is 0. The van der Waals surface area contributed by atoms with Crippen LogP contribution in [0.3, 0.4) is 0 Å². The van der Waals surface area contributed by atoms with Crippen LogP contribution >= 0.6 is 15.9 Å². The van der Waals surface area contributed by atoms with Crippen LogP contribution < -0.4 is 14.2 Å². The van der Waals surface area contributed by atoms with Crippen LogP contribution in [0.1, 0.15) is 5.56 Å². The molecule has 3 rings (SSSR count). The second-order valence-corrected chi connectivity index (χ2v) is 6.72. The van der Waals surface area contributed by atoms with Crippen LogP contribution in [0.25, 0.3) is 0 Å².